The number of aryl methyl sites for hydroxylation is 1. The molecule has 1 heterocycles. The predicted octanol–water partition coefficient (Wildman–Crippen LogP) is 3.62. The van der Waals surface area contributed by atoms with Gasteiger partial charge in [-0.1, -0.05) is 24.3 Å². The molecule has 5 heteroatoms. The third kappa shape index (κ3) is 2.51. The highest BCUT2D eigenvalue weighted by molar-refractivity contribution is 5.95. The Bertz CT molecular complexity index is 1030. The summed E-state index contributed by atoms with van der Waals surface area (Å²) in [5.74, 6) is -0.377. The highest BCUT2D eigenvalue weighted by atomic mass is 19.1. The second-order valence-electron chi connectivity index (χ2n) is 6.37. The van der Waals surface area contributed by atoms with Gasteiger partial charge in [0.1, 0.15) is 11.9 Å². The van der Waals surface area contributed by atoms with E-state index in [1.54, 1.807) is 6.92 Å². The average molecular weight is 333 g/mol. The van der Waals surface area contributed by atoms with E-state index in [-0.39, 0.29) is 11.9 Å². The van der Waals surface area contributed by atoms with Crippen molar-refractivity contribution in [2.24, 2.45) is 0 Å². The van der Waals surface area contributed by atoms with Crippen LogP contribution in [0.2, 0.25) is 0 Å². The van der Waals surface area contributed by atoms with Gasteiger partial charge in [0.15, 0.2) is 0 Å². The Labute approximate surface area is 144 Å². The maximum absolute atomic E-state index is 14.0. The molecular weight excluding hydrogens is 317 g/mol. The van der Waals surface area contributed by atoms with Crippen LogP contribution in [0.4, 0.5) is 10.1 Å². The number of fused-ring (bicyclic) bond motifs is 2. The van der Waals surface area contributed by atoms with E-state index in [2.05, 4.69) is 16.4 Å². The zero-order valence-electron chi connectivity index (χ0n) is 13.6. The molecule has 1 aliphatic carbocycles. The number of halogens is 1. The number of rotatable bonds is 2. The molecule has 0 fully saturated rings. The van der Waals surface area contributed by atoms with Crippen molar-refractivity contribution in [3.63, 3.8) is 0 Å². The standard InChI is InChI=1S/C20H16FN3O/c1-11-6-14(21)8-16-18(11)23-10-13(9-22)19(16)24-20-15-5-3-2-4-12(15)7-17(20)25/h2-6,8,10,17,20,25H,7H2,1H3,(H,23,24)/t17-,20+/m1/s1. The molecule has 4 nitrogen and oxygen atoms in total. The molecule has 0 bridgehead atoms. The number of hydrogen-bond acceptors (Lipinski definition) is 4. The largest absolute Gasteiger partial charge is 0.390 e. The molecule has 0 spiro atoms. The first-order valence-electron chi connectivity index (χ1n) is 8.10. The van der Waals surface area contributed by atoms with E-state index in [4.69, 9.17) is 0 Å². The predicted molar refractivity (Wildman–Crippen MR) is 93.7 cm³/mol. The lowest BCUT2D eigenvalue weighted by Crippen LogP contribution is -2.22. The second-order valence-corrected chi connectivity index (χ2v) is 6.37. The van der Waals surface area contributed by atoms with Gasteiger partial charge in [-0.25, -0.2) is 4.39 Å². The molecule has 2 aromatic carbocycles. The maximum atomic E-state index is 14.0. The van der Waals surface area contributed by atoms with E-state index >= 15 is 0 Å². The van der Waals surface area contributed by atoms with Crippen molar-refractivity contribution in [3.8, 4) is 6.07 Å². The minimum absolute atomic E-state index is 0.328. The molecular formula is C20H16FN3O. The monoisotopic (exact) mass is 333 g/mol. The van der Waals surface area contributed by atoms with Gasteiger partial charge in [0.25, 0.3) is 0 Å². The van der Waals surface area contributed by atoms with Gasteiger partial charge in [0.05, 0.1) is 28.9 Å². The lowest BCUT2D eigenvalue weighted by Gasteiger charge is -2.21. The third-order valence-electron chi connectivity index (χ3n) is 4.75. The summed E-state index contributed by atoms with van der Waals surface area (Å²) < 4.78 is 14.0. The van der Waals surface area contributed by atoms with Crippen LogP contribution in [0.25, 0.3) is 10.9 Å². The summed E-state index contributed by atoms with van der Waals surface area (Å²) in [6.07, 6.45) is 1.43. The van der Waals surface area contributed by atoms with Crippen LogP contribution in [0.15, 0.2) is 42.6 Å². The first kappa shape index (κ1) is 15.6. The molecule has 0 radical (unpaired) electrons. The zero-order chi connectivity index (χ0) is 17.6. The van der Waals surface area contributed by atoms with Crippen LogP contribution in [0, 0.1) is 24.1 Å². The normalized spacial score (nSPS) is 18.8. The van der Waals surface area contributed by atoms with Crippen molar-refractivity contribution in [1.82, 2.24) is 4.98 Å². The summed E-state index contributed by atoms with van der Waals surface area (Å²) in [5, 5.41) is 23.8. The number of aliphatic hydroxyl groups is 1. The van der Waals surface area contributed by atoms with Crippen molar-refractivity contribution in [2.45, 2.75) is 25.5 Å². The van der Waals surface area contributed by atoms with E-state index in [9.17, 15) is 14.8 Å². The fourth-order valence-corrected chi connectivity index (χ4v) is 3.58. The molecule has 0 aliphatic heterocycles. The first-order chi connectivity index (χ1) is 12.1. The minimum atomic E-state index is -0.609. The molecule has 124 valence electrons. The third-order valence-corrected chi connectivity index (χ3v) is 4.75. The number of anilines is 1. The van der Waals surface area contributed by atoms with Gasteiger partial charge in [-0.2, -0.15) is 5.26 Å². The molecule has 3 aromatic rings. The molecule has 0 saturated carbocycles. The van der Waals surface area contributed by atoms with Gasteiger partial charge >= 0.3 is 0 Å². The number of nitriles is 1. The summed E-state index contributed by atoms with van der Waals surface area (Å²) in [5.41, 5.74) is 4.26. The molecule has 0 amide bonds. The fourth-order valence-electron chi connectivity index (χ4n) is 3.58. The molecule has 25 heavy (non-hydrogen) atoms. The van der Waals surface area contributed by atoms with Crippen LogP contribution in [0.1, 0.15) is 28.3 Å². The number of pyridine rings is 1. The Morgan fingerprint density at radius 2 is 2.12 bits per heavy atom. The Hall–Kier alpha value is -2.97. The Morgan fingerprint density at radius 3 is 2.92 bits per heavy atom. The zero-order valence-corrected chi connectivity index (χ0v) is 13.6. The Morgan fingerprint density at radius 1 is 1.32 bits per heavy atom. The van der Waals surface area contributed by atoms with E-state index in [0.717, 1.165) is 11.1 Å². The van der Waals surface area contributed by atoms with Crippen LogP contribution in [-0.4, -0.2) is 16.2 Å². The SMILES string of the molecule is Cc1cc(F)cc2c(N[C@H]3c4ccccc4C[C@H]3O)c(C#N)cnc12. The van der Waals surface area contributed by atoms with Gasteiger partial charge in [-0.05, 0) is 35.7 Å². The van der Waals surface area contributed by atoms with Crippen LogP contribution in [0.5, 0.6) is 0 Å². The van der Waals surface area contributed by atoms with Crippen LogP contribution >= 0.6 is 0 Å². The summed E-state index contributed by atoms with van der Waals surface area (Å²) in [6.45, 7) is 1.79. The maximum Gasteiger partial charge on any atom is 0.124 e. The quantitative estimate of drug-likeness (QED) is 0.751. The first-order valence-corrected chi connectivity index (χ1v) is 8.10. The molecule has 0 unspecified atom stereocenters. The molecule has 1 aliphatic rings. The topological polar surface area (TPSA) is 68.9 Å². The van der Waals surface area contributed by atoms with Crippen LogP contribution < -0.4 is 5.32 Å². The number of nitrogens with zero attached hydrogens (tertiary/aromatic N) is 2. The van der Waals surface area contributed by atoms with Crippen LogP contribution in [0.3, 0.4) is 0 Å². The number of nitrogens with one attached hydrogen (secondary N) is 1. The highest BCUT2D eigenvalue weighted by Gasteiger charge is 2.31. The lowest BCUT2D eigenvalue weighted by atomic mass is 10.0. The molecule has 1 aromatic heterocycles. The van der Waals surface area contributed by atoms with Gasteiger partial charge in [-0.15, -0.1) is 0 Å². The second kappa shape index (κ2) is 5.83. The smallest absolute Gasteiger partial charge is 0.124 e. The van der Waals surface area contributed by atoms with Crippen molar-refractivity contribution in [3.05, 3.63) is 70.7 Å². The van der Waals surface area contributed by atoms with E-state index < -0.39 is 6.10 Å². The van der Waals surface area contributed by atoms with E-state index in [1.807, 2.05) is 24.3 Å². The van der Waals surface area contributed by atoms with Crippen molar-refractivity contribution in [2.75, 3.05) is 5.32 Å². The molecule has 2 N–H and O–H groups in total. The molecule has 2 atom stereocenters. The van der Waals surface area contributed by atoms with E-state index in [1.165, 1.54) is 18.3 Å². The number of aliphatic hydroxyl groups excluding tert-OH is 1. The average Bonchev–Trinajstić information content (AvgIpc) is 2.91. The Balaban J connectivity index is 1.88. The molecule has 0 saturated heterocycles. The van der Waals surface area contributed by atoms with Gasteiger partial charge in [-0.3, -0.25) is 4.98 Å². The van der Waals surface area contributed by atoms with Gasteiger partial charge in [0, 0.05) is 18.0 Å². The van der Waals surface area contributed by atoms with Gasteiger partial charge in [0.2, 0.25) is 0 Å². The Kier molecular flexibility index (Phi) is 3.63. The fraction of sp³-hybridized carbons (Fsp3) is 0.200. The van der Waals surface area contributed by atoms with Crippen molar-refractivity contribution < 1.29 is 9.50 Å². The summed E-state index contributed by atoms with van der Waals surface area (Å²) in [7, 11) is 0. The number of hydrogen-bond donors (Lipinski definition) is 2. The van der Waals surface area contributed by atoms with E-state index in [0.29, 0.717) is 34.1 Å². The number of aromatic nitrogens is 1. The highest BCUT2D eigenvalue weighted by Crippen LogP contribution is 2.37. The number of benzene rings is 2. The molecule has 4 rings (SSSR count). The summed E-state index contributed by atoms with van der Waals surface area (Å²) in [4.78, 5) is 4.30. The summed E-state index contributed by atoms with van der Waals surface area (Å²) >= 11 is 0. The van der Waals surface area contributed by atoms with Crippen molar-refractivity contribution >= 4 is 16.6 Å². The minimum Gasteiger partial charge on any atom is -0.390 e. The summed E-state index contributed by atoms with van der Waals surface area (Å²) in [6, 6.07) is 12.4. The van der Waals surface area contributed by atoms with Gasteiger partial charge < -0.3 is 10.4 Å². The van der Waals surface area contributed by atoms with Crippen molar-refractivity contribution in [1.29, 1.82) is 5.26 Å². The lowest BCUT2D eigenvalue weighted by molar-refractivity contribution is 0.166. The van der Waals surface area contributed by atoms with Crippen LogP contribution in [-0.2, 0) is 6.42 Å².